The molecule has 5 nitrogen and oxygen atoms in total. The van der Waals surface area contributed by atoms with E-state index in [-0.39, 0.29) is 11.4 Å². The average molecular weight is 288 g/mol. The Bertz CT molecular complexity index is 629. The van der Waals surface area contributed by atoms with Crippen molar-refractivity contribution in [3.63, 3.8) is 0 Å². The first kappa shape index (κ1) is 14.9. The maximum atomic E-state index is 13.5. The number of anilines is 2. The molecule has 6 heteroatoms. The summed E-state index contributed by atoms with van der Waals surface area (Å²) >= 11 is 0. The van der Waals surface area contributed by atoms with Crippen LogP contribution in [-0.4, -0.2) is 29.0 Å². The maximum absolute atomic E-state index is 13.5. The SMILES string of the molecule is CCN(CC)c1cc(C(=O)Nc2ccccc2F)ncn1. The predicted molar refractivity (Wildman–Crippen MR) is 79.9 cm³/mol. The second-order valence-electron chi connectivity index (χ2n) is 4.37. The van der Waals surface area contributed by atoms with Crippen LogP contribution in [0.2, 0.25) is 0 Å². The van der Waals surface area contributed by atoms with E-state index in [0.29, 0.717) is 5.82 Å². The molecule has 0 saturated heterocycles. The van der Waals surface area contributed by atoms with Gasteiger partial charge in [-0.05, 0) is 26.0 Å². The quantitative estimate of drug-likeness (QED) is 0.919. The van der Waals surface area contributed by atoms with E-state index < -0.39 is 11.7 Å². The van der Waals surface area contributed by atoms with Crippen molar-refractivity contribution in [2.24, 2.45) is 0 Å². The lowest BCUT2D eigenvalue weighted by atomic mass is 10.3. The van der Waals surface area contributed by atoms with Crippen molar-refractivity contribution < 1.29 is 9.18 Å². The third-order valence-electron chi connectivity index (χ3n) is 3.09. The summed E-state index contributed by atoms with van der Waals surface area (Å²) in [6.07, 6.45) is 1.34. The molecule has 1 aromatic carbocycles. The van der Waals surface area contributed by atoms with Gasteiger partial charge in [0.25, 0.3) is 5.91 Å². The summed E-state index contributed by atoms with van der Waals surface area (Å²) in [5.41, 5.74) is 0.334. The zero-order valence-electron chi connectivity index (χ0n) is 12.0. The largest absolute Gasteiger partial charge is 0.357 e. The molecule has 0 saturated carbocycles. The van der Waals surface area contributed by atoms with E-state index in [9.17, 15) is 9.18 Å². The van der Waals surface area contributed by atoms with Crippen LogP contribution in [0.3, 0.4) is 0 Å². The summed E-state index contributed by atoms with van der Waals surface area (Å²) < 4.78 is 13.5. The third kappa shape index (κ3) is 3.53. The second kappa shape index (κ2) is 6.78. The first-order chi connectivity index (χ1) is 10.2. The Morgan fingerprint density at radius 1 is 1.24 bits per heavy atom. The number of hydrogen-bond donors (Lipinski definition) is 1. The molecule has 0 unspecified atom stereocenters. The lowest BCUT2D eigenvalue weighted by Crippen LogP contribution is -2.24. The highest BCUT2D eigenvalue weighted by molar-refractivity contribution is 6.03. The minimum Gasteiger partial charge on any atom is -0.357 e. The van der Waals surface area contributed by atoms with Gasteiger partial charge in [0.1, 0.15) is 23.7 Å². The number of benzene rings is 1. The molecule has 0 aliphatic rings. The molecule has 0 aliphatic carbocycles. The van der Waals surface area contributed by atoms with Crippen LogP contribution in [0.1, 0.15) is 24.3 Å². The molecule has 110 valence electrons. The van der Waals surface area contributed by atoms with E-state index in [1.54, 1.807) is 18.2 Å². The summed E-state index contributed by atoms with van der Waals surface area (Å²) in [5.74, 6) is -0.270. The van der Waals surface area contributed by atoms with Gasteiger partial charge in [-0.15, -0.1) is 0 Å². The van der Waals surface area contributed by atoms with Gasteiger partial charge in [0.15, 0.2) is 0 Å². The Labute approximate surface area is 122 Å². The maximum Gasteiger partial charge on any atom is 0.274 e. The Hall–Kier alpha value is -2.50. The van der Waals surface area contributed by atoms with E-state index in [1.807, 2.05) is 18.7 Å². The zero-order valence-corrected chi connectivity index (χ0v) is 12.0. The number of halogens is 1. The smallest absolute Gasteiger partial charge is 0.274 e. The zero-order chi connectivity index (χ0) is 15.2. The molecule has 0 atom stereocenters. The van der Waals surface area contributed by atoms with Crippen LogP contribution in [-0.2, 0) is 0 Å². The fraction of sp³-hybridized carbons (Fsp3) is 0.267. The van der Waals surface area contributed by atoms with Crippen molar-refractivity contribution in [1.82, 2.24) is 9.97 Å². The van der Waals surface area contributed by atoms with Gasteiger partial charge in [-0.1, -0.05) is 12.1 Å². The number of carbonyl (C=O) groups is 1. The van der Waals surface area contributed by atoms with Crippen LogP contribution in [0, 0.1) is 5.82 Å². The van der Waals surface area contributed by atoms with E-state index in [4.69, 9.17) is 0 Å². The molecule has 0 fully saturated rings. The van der Waals surface area contributed by atoms with Gasteiger partial charge in [-0.25, -0.2) is 14.4 Å². The normalized spacial score (nSPS) is 10.2. The standard InChI is InChI=1S/C15H17FN4O/c1-3-20(4-2)14-9-13(17-10-18-14)15(21)19-12-8-6-5-7-11(12)16/h5-10H,3-4H2,1-2H3,(H,19,21). The predicted octanol–water partition coefficient (Wildman–Crippen LogP) is 2.71. The average Bonchev–Trinajstić information content (AvgIpc) is 2.51. The number of para-hydroxylation sites is 1. The van der Waals surface area contributed by atoms with E-state index in [0.717, 1.165) is 13.1 Å². The van der Waals surface area contributed by atoms with Crippen molar-refractivity contribution in [3.05, 3.63) is 48.2 Å². The third-order valence-corrected chi connectivity index (χ3v) is 3.09. The lowest BCUT2D eigenvalue weighted by molar-refractivity contribution is 0.102. The number of nitrogens with zero attached hydrogens (tertiary/aromatic N) is 3. The highest BCUT2D eigenvalue weighted by Gasteiger charge is 2.13. The van der Waals surface area contributed by atoms with E-state index in [2.05, 4.69) is 15.3 Å². The Morgan fingerprint density at radius 2 is 1.95 bits per heavy atom. The van der Waals surface area contributed by atoms with Crippen LogP contribution in [0.4, 0.5) is 15.9 Å². The molecular weight excluding hydrogens is 271 g/mol. The number of carbonyl (C=O) groups excluding carboxylic acids is 1. The summed E-state index contributed by atoms with van der Waals surface area (Å²) in [4.78, 5) is 22.2. The van der Waals surface area contributed by atoms with Crippen molar-refractivity contribution in [2.75, 3.05) is 23.3 Å². The van der Waals surface area contributed by atoms with Gasteiger partial charge in [0.05, 0.1) is 5.69 Å². The Morgan fingerprint density at radius 3 is 2.62 bits per heavy atom. The van der Waals surface area contributed by atoms with Crippen molar-refractivity contribution >= 4 is 17.4 Å². The number of rotatable bonds is 5. The van der Waals surface area contributed by atoms with Gasteiger partial charge < -0.3 is 10.2 Å². The van der Waals surface area contributed by atoms with Gasteiger partial charge in [-0.3, -0.25) is 4.79 Å². The summed E-state index contributed by atoms with van der Waals surface area (Å²) in [7, 11) is 0. The number of hydrogen-bond acceptors (Lipinski definition) is 4. The summed E-state index contributed by atoms with van der Waals surface area (Å²) in [5, 5.41) is 2.51. The molecule has 1 N–H and O–H groups in total. The molecule has 0 spiro atoms. The molecule has 0 bridgehead atoms. The molecule has 21 heavy (non-hydrogen) atoms. The molecule has 1 aromatic heterocycles. The fourth-order valence-electron chi connectivity index (χ4n) is 1.94. The van der Waals surface area contributed by atoms with Gasteiger partial charge >= 0.3 is 0 Å². The molecule has 0 aliphatic heterocycles. The van der Waals surface area contributed by atoms with E-state index in [1.165, 1.54) is 18.5 Å². The molecule has 2 aromatic rings. The number of amides is 1. The van der Waals surface area contributed by atoms with Gasteiger partial charge in [-0.2, -0.15) is 0 Å². The van der Waals surface area contributed by atoms with Gasteiger partial charge in [0, 0.05) is 19.2 Å². The molecule has 2 rings (SSSR count). The van der Waals surface area contributed by atoms with Crippen LogP contribution < -0.4 is 10.2 Å². The summed E-state index contributed by atoms with van der Waals surface area (Å²) in [6.45, 7) is 5.57. The van der Waals surface area contributed by atoms with E-state index >= 15 is 0 Å². The minimum absolute atomic E-state index is 0.130. The summed E-state index contributed by atoms with van der Waals surface area (Å²) in [6, 6.07) is 7.61. The molecule has 0 radical (unpaired) electrons. The number of aromatic nitrogens is 2. The second-order valence-corrected chi connectivity index (χ2v) is 4.37. The Balaban J connectivity index is 2.20. The topological polar surface area (TPSA) is 58.1 Å². The first-order valence-electron chi connectivity index (χ1n) is 6.78. The molecule has 1 amide bonds. The highest BCUT2D eigenvalue weighted by Crippen LogP contribution is 2.15. The van der Waals surface area contributed by atoms with Crippen LogP contribution in [0.15, 0.2) is 36.7 Å². The van der Waals surface area contributed by atoms with Crippen molar-refractivity contribution in [1.29, 1.82) is 0 Å². The van der Waals surface area contributed by atoms with Crippen LogP contribution >= 0.6 is 0 Å². The molecular formula is C15H17FN4O. The monoisotopic (exact) mass is 288 g/mol. The number of nitrogens with one attached hydrogen (secondary N) is 1. The molecule has 1 heterocycles. The van der Waals surface area contributed by atoms with Crippen LogP contribution in [0.25, 0.3) is 0 Å². The lowest BCUT2D eigenvalue weighted by Gasteiger charge is -2.19. The van der Waals surface area contributed by atoms with Crippen molar-refractivity contribution in [2.45, 2.75) is 13.8 Å². The van der Waals surface area contributed by atoms with Crippen molar-refractivity contribution in [3.8, 4) is 0 Å². The Kier molecular flexibility index (Phi) is 4.81. The van der Waals surface area contributed by atoms with Crippen LogP contribution in [0.5, 0.6) is 0 Å². The first-order valence-corrected chi connectivity index (χ1v) is 6.78. The van der Waals surface area contributed by atoms with Gasteiger partial charge in [0.2, 0.25) is 0 Å². The highest BCUT2D eigenvalue weighted by atomic mass is 19.1. The fourth-order valence-corrected chi connectivity index (χ4v) is 1.94. The minimum atomic E-state index is -0.483.